The molecule has 0 aliphatic carbocycles. The molecule has 0 radical (unpaired) electrons. The molecule has 0 aliphatic heterocycles. The minimum atomic E-state index is -4.31. The number of hydrogen-bond acceptors (Lipinski definition) is 1. The average molecular weight is 318 g/mol. The van der Waals surface area contributed by atoms with Crippen molar-refractivity contribution < 1.29 is 13.2 Å². The van der Waals surface area contributed by atoms with E-state index in [9.17, 15) is 13.2 Å². The Bertz CT molecular complexity index is 761. The average Bonchev–Trinajstić information content (AvgIpc) is 2.52. The van der Waals surface area contributed by atoms with Gasteiger partial charge in [-0.1, -0.05) is 60.7 Å². The SMILES string of the molecule is FC(F)(F)C(Sc1ccccc1)c1cccc2ccccc12. The Hall–Kier alpha value is -1.94. The second-order valence-corrected chi connectivity index (χ2v) is 6.10. The summed E-state index contributed by atoms with van der Waals surface area (Å²) in [6, 6.07) is 21.0. The minimum absolute atomic E-state index is 0.305. The Morgan fingerprint density at radius 2 is 1.36 bits per heavy atom. The highest BCUT2D eigenvalue weighted by atomic mass is 32.2. The van der Waals surface area contributed by atoms with Gasteiger partial charge in [-0.2, -0.15) is 13.2 Å². The van der Waals surface area contributed by atoms with Crippen LogP contribution < -0.4 is 0 Å². The summed E-state index contributed by atoms with van der Waals surface area (Å²) in [4.78, 5) is 0.609. The van der Waals surface area contributed by atoms with Crippen LogP contribution >= 0.6 is 11.8 Å². The predicted octanol–water partition coefficient (Wildman–Crippen LogP) is 6.24. The molecule has 0 N–H and O–H groups in total. The Morgan fingerprint density at radius 3 is 2.09 bits per heavy atom. The van der Waals surface area contributed by atoms with Crippen molar-refractivity contribution in [1.82, 2.24) is 0 Å². The highest BCUT2D eigenvalue weighted by molar-refractivity contribution is 7.99. The van der Waals surface area contributed by atoms with Crippen molar-refractivity contribution in [3.05, 3.63) is 78.4 Å². The predicted molar refractivity (Wildman–Crippen MR) is 85.0 cm³/mol. The van der Waals surface area contributed by atoms with Crippen LogP contribution in [0.2, 0.25) is 0 Å². The molecule has 1 unspecified atom stereocenters. The molecule has 0 aromatic heterocycles. The molecule has 112 valence electrons. The first kappa shape index (κ1) is 15.0. The lowest BCUT2D eigenvalue weighted by Crippen LogP contribution is -2.18. The first-order valence-electron chi connectivity index (χ1n) is 6.82. The van der Waals surface area contributed by atoms with Gasteiger partial charge < -0.3 is 0 Å². The molecule has 0 fully saturated rings. The van der Waals surface area contributed by atoms with Crippen LogP contribution in [0.5, 0.6) is 0 Å². The van der Waals surface area contributed by atoms with Crippen molar-refractivity contribution in [3.63, 3.8) is 0 Å². The third-order valence-corrected chi connectivity index (χ3v) is 4.70. The molecule has 22 heavy (non-hydrogen) atoms. The first-order chi connectivity index (χ1) is 10.6. The van der Waals surface area contributed by atoms with Crippen LogP contribution in [0.25, 0.3) is 10.8 Å². The van der Waals surface area contributed by atoms with Crippen LogP contribution in [-0.4, -0.2) is 6.18 Å². The third-order valence-electron chi connectivity index (χ3n) is 3.40. The zero-order chi connectivity index (χ0) is 15.6. The minimum Gasteiger partial charge on any atom is -0.169 e. The summed E-state index contributed by atoms with van der Waals surface area (Å²) in [5, 5.41) is -0.111. The molecule has 0 nitrogen and oxygen atoms in total. The Kier molecular flexibility index (Phi) is 4.12. The van der Waals surface area contributed by atoms with Gasteiger partial charge in [-0.25, -0.2) is 0 Å². The Morgan fingerprint density at radius 1 is 0.727 bits per heavy atom. The molecule has 4 heteroatoms. The number of hydrogen-bond donors (Lipinski definition) is 0. The molecule has 3 aromatic carbocycles. The number of alkyl halides is 3. The van der Waals surface area contributed by atoms with Crippen LogP contribution in [0.4, 0.5) is 13.2 Å². The fourth-order valence-electron chi connectivity index (χ4n) is 2.42. The van der Waals surface area contributed by atoms with Crippen molar-refractivity contribution >= 4 is 22.5 Å². The summed E-state index contributed by atoms with van der Waals surface area (Å²) in [5.74, 6) is 0. The van der Waals surface area contributed by atoms with Gasteiger partial charge in [0.25, 0.3) is 0 Å². The maximum Gasteiger partial charge on any atom is 0.404 e. The second kappa shape index (κ2) is 6.05. The standard InChI is InChI=1S/C18H13F3S/c19-18(20,21)17(22-14-9-2-1-3-10-14)16-12-6-8-13-7-4-5-11-15(13)16/h1-12,17H. The van der Waals surface area contributed by atoms with E-state index >= 15 is 0 Å². The number of rotatable bonds is 3. The zero-order valence-corrected chi connectivity index (χ0v) is 12.4. The van der Waals surface area contributed by atoms with Gasteiger partial charge in [0.15, 0.2) is 0 Å². The monoisotopic (exact) mass is 318 g/mol. The van der Waals surface area contributed by atoms with Gasteiger partial charge in [0.2, 0.25) is 0 Å². The Labute approximate surface area is 131 Å². The lowest BCUT2D eigenvalue weighted by atomic mass is 10.0. The fourth-order valence-corrected chi connectivity index (χ4v) is 3.47. The van der Waals surface area contributed by atoms with Gasteiger partial charge in [-0.05, 0) is 28.5 Å². The van der Waals surface area contributed by atoms with E-state index in [0.717, 1.165) is 17.1 Å². The van der Waals surface area contributed by atoms with E-state index in [4.69, 9.17) is 0 Å². The van der Waals surface area contributed by atoms with Crippen LogP contribution in [-0.2, 0) is 0 Å². The zero-order valence-electron chi connectivity index (χ0n) is 11.5. The summed E-state index contributed by atoms with van der Waals surface area (Å²) >= 11 is 0.839. The summed E-state index contributed by atoms with van der Waals surface area (Å²) in [7, 11) is 0. The van der Waals surface area contributed by atoms with E-state index in [-0.39, 0.29) is 0 Å². The van der Waals surface area contributed by atoms with Gasteiger partial charge >= 0.3 is 6.18 Å². The van der Waals surface area contributed by atoms with Crippen LogP contribution in [0.1, 0.15) is 10.8 Å². The van der Waals surface area contributed by atoms with Crippen molar-refractivity contribution in [3.8, 4) is 0 Å². The molecule has 1 atom stereocenters. The van der Waals surface area contributed by atoms with E-state index in [1.807, 2.05) is 18.2 Å². The van der Waals surface area contributed by atoms with Crippen molar-refractivity contribution in [1.29, 1.82) is 0 Å². The van der Waals surface area contributed by atoms with Crippen LogP contribution in [0.15, 0.2) is 77.7 Å². The number of fused-ring (bicyclic) bond motifs is 1. The van der Waals surface area contributed by atoms with Gasteiger partial charge in [0.1, 0.15) is 5.25 Å². The maximum atomic E-state index is 13.6. The topological polar surface area (TPSA) is 0 Å². The normalized spacial score (nSPS) is 13.2. The van der Waals surface area contributed by atoms with Crippen molar-refractivity contribution in [2.45, 2.75) is 16.3 Å². The fraction of sp³-hybridized carbons (Fsp3) is 0.111. The summed E-state index contributed by atoms with van der Waals surface area (Å²) < 4.78 is 40.8. The molecular weight excluding hydrogens is 305 g/mol. The first-order valence-corrected chi connectivity index (χ1v) is 7.70. The van der Waals surface area contributed by atoms with Gasteiger partial charge in [0, 0.05) is 4.90 Å². The molecule has 0 heterocycles. The highest BCUT2D eigenvalue weighted by Gasteiger charge is 2.42. The van der Waals surface area contributed by atoms with E-state index in [1.54, 1.807) is 54.6 Å². The lowest BCUT2D eigenvalue weighted by molar-refractivity contribution is -0.129. The van der Waals surface area contributed by atoms with Crippen LogP contribution in [0.3, 0.4) is 0 Å². The smallest absolute Gasteiger partial charge is 0.169 e. The second-order valence-electron chi connectivity index (χ2n) is 4.92. The molecule has 0 aliphatic rings. The van der Waals surface area contributed by atoms with E-state index in [0.29, 0.717) is 15.8 Å². The number of halogens is 3. The third kappa shape index (κ3) is 3.12. The molecule has 0 amide bonds. The van der Waals surface area contributed by atoms with Gasteiger partial charge in [-0.15, -0.1) is 11.8 Å². The van der Waals surface area contributed by atoms with Crippen molar-refractivity contribution in [2.75, 3.05) is 0 Å². The lowest BCUT2D eigenvalue weighted by Gasteiger charge is -2.22. The molecule has 0 saturated heterocycles. The van der Waals surface area contributed by atoms with Crippen LogP contribution in [0, 0.1) is 0 Å². The Balaban J connectivity index is 2.09. The molecule has 3 aromatic rings. The number of benzene rings is 3. The summed E-state index contributed by atoms with van der Waals surface area (Å²) in [6.45, 7) is 0. The molecular formula is C18H13F3S. The maximum absolute atomic E-state index is 13.6. The van der Waals surface area contributed by atoms with Gasteiger partial charge in [-0.3, -0.25) is 0 Å². The van der Waals surface area contributed by atoms with E-state index < -0.39 is 11.4 Å². The molecule has 0 bridgehead atoms. The molecule has 0 saturated carbocycles. The highest BCUT2D eigenvalue weighted by Crippen LogP contribution is 2.48. The summed E-state index contributed by atoms with van der Waals surface area (Å²) in [5.41, 5.74) is 0.305. The number of thioether (sulfide) groups is 1. The molecule has 3 rings (SSSR count). The van der Waals surface area contributed by atoms with E-state index in [2.05, 4.69) is 0 Å². The largest absolute Gasteiger partial charge is 0.404 e. The van der Waals surface area contributed by atoms with E-state index in [1.165, 1.54) is 0 Å². The quantitative estimate of drug-likeness (QED) is 0.515. The van der Waals surface area contributed by atoms with Crippen molar-refractivity contribution in [2.24, 2.45) is 0 Å². The molecule has 0 spiro atoms. The summed E-state index contributed by atoms with van der Waals surface area (Å²) in [6.07, 6.45) is -4.31. The van der Waals surface area contributed by atoms with Gasteiger partial charge in [0.05, 0.1) is 0 Å².